The van der Waals surface area contributed by atoms with E-state index in [0.717, 1.165) is 5.92 Å². The fourth-order valence-electron chi connectivity index (χ4n) is 0.834. The molecule has 0 saturated carbocycles. The van der Waals surface area contributed by atoms with Crippen molar-refractivity contribution in [2.45, 2.75) is 26.2 Å². The molecule has 0 aromatic heterocycles. The van der Waals surface area contributed by atoms with Crippen molar-refractivity contribution in [1.29, 1.82) is 0 Å². The van der Waals surface area contributed by atoms with Gasteiger partial charge in [0.25, 0.3) is 0 Å². The van der Waals surface area contributed by atoms with E-state index in [4.69, 9.17) is 0 Å². The summed E-state index contributed by atoms with van der Waals surface area (Å²) in [4.78, 5) is 0. The van der Waals surface area contributed by atoms with Gasteiger partial charge in [-0.3, -0.25) is 6.08 Å². The molecule has 1 heteroatoms. The fourth-order valence-corrected chi connectivity index (χ4v) is 0.834. The first-order valence-corrected chi connectivity index (χ1v) is 2.94. The summed E-state index contributed by atoms with van der Waals surface area (Å²) in [5.74, 6) is 0.918. The molecule has 0 aromatic carbocycles. The predicted molar refractivity (Wildman–Crippen MR) is 37.2 cm³/mol. The van der Waals surface area contributed by atoms with Gasteiger partial charge < -0.3 is 13.5 Å². The van der Waals surface area contributed by atoms with E-state index < -0.39 is 0 Å². The number of hydrogen-bond donors (Lipinski definition) is 0. The Hall–Kier alpha value is 0.844. The summed E-state index contributed by atoms with van der Waals surface area (Å²) < 4.78 is 0. The SMILES string of the molecule is CC1CC=[C-]CC1.[CH3-].[Y+3]. The molecule has 0 aliphatic heterocycles. The van der Waals surface area contributed by atoms with Crippen LogP contribution in [-0.2, 0) is 32.7 Å². The average molecular weight is 199 g/mol. The first-order valence-electron chi connectivity index (χ1n) is 2.94. The molecule has 9 heavy (non-hydrogen) atoms. The molecule has 0 fully saturated rings. The van der Waals surface area contributed by atoms with Crippen molar-refractivity contribution in [3.05, 3.63) is 19.6 Å². The van der Waals surface area contributed by atoms with Gasteiger partial charge in [-0.25, -0.2) is 0 Å². The molecule has 1 rings (SSSR count). The Morgan fingerprint density at radius 2 is 2.22 bits per heavy atom. The van der Waals surface area contributed by atoms with E-state index in [1.807, 2.05) is 0 Å². The van der Waals surface area contributed by atoms with E-state index in [-0.39, 0.29) is 40.1 Å². The van der Waals surface area contributed by atoms with Gasteiger partial charge in [-0.1, -0.05) is 19.8 Å². The predicted octanol–water partition coefficient (Wildman–Crippen LogP) is 2.61. The van der Waals surface area contributed by atoms with Crippen LogP contribution in [0.25, 0.3) is 0 Å². The van der Waals surface area contributed by atoms with Crippen molar-refractivity contribution in [1.82, 2.24) is 0 Å². The maximum atomic E-state index is 3.19. The molecule has 0 amide bonds. The van der Waals surface area contributed by atoms with Crippen LogP contribution < -0.4 is 0 Å². The molecule has 0 N–H and O–H groups in total. The maximum absolute atomic E-state index is 3.19. The molecule has 0 nitrogen and oxygen atoms in total. The zero-order chi connectivity index (χ0) is 5.11. The Balaban J connectivity index is 0. The van der Waals surface area contributed by atoms with Gasteiger partial charge >= 0.3 is 32.7 Å². The van der Waals surface area contributed by atoms with Crippen LogP contribution in [0.15, 0.2) is 6.08 Å². The molecule has 1 atom stereocenters. The molecule has 48 valence electrons. The second-order valence-electron chi connectivity index (χ2n) is 2.29. The minimum absolute atomic E-state index is 0. The Morgan fingerprint density at radius 3 is 2.44 bits per heavy atom. The Kier molecular flexibility index (Phi) is 9.67. The van der Waals surface area contributed by atoms with Gasteiger partial charge in [0.05, 0.1) is 0 Å². The summed E-state index contributed by atoms with van der Waals surface area (Å²) in [6.45, 7) is 2.29. The molecule has 0 radical (unpaired) electrons. The van der Waals surface area contributed by atoms with Gasteiger partial charge in [0.15, 0.2) is 0 Å². The van der Waals surface area contributed by atoms with E-state index in [1.165, 1.54) is 19.3 Å². The number of hydrogen-bond acceptors (Lipinski definition) is 0. The van der Waals surface area contributed by atoms with E-state index >= 15 is 0 Å². The Bertz CT molecular complexity index is 76.6. The Labute approximate surface area is 84.0 Å². The van der Waals surface area contributed by atoms with Crippen LogP contribution in [0.4, 0.5) is 0 Å². The molecular weight excluding hydrogens is 185 g/mol. The van der Waals surface area contributed by atoms with Crippen LogP contribution in [0.5, 0.6) is 0 Å². The molecule has 1 aliphatic carbocycles. The fraction of sp³-hybridized carbons (Fsp3) is 0.625. The van der Waals surface area contributed by atoms with Gasteiger partial charge in [-0.05, 0) is 5.92 Å². The molecule has 0 heterocycles. The summed E-state index contributed by atoms with van der Waals surface area (Å²) in [5.41, 5.74) is 0. The second kappa shape index (κ2) is 6.96. The first kappa shape index (κ1) is 12.5. The standard InChI is InChI=1S/C7H11.CH3.Y/c1-7-5-3-2-4-6-7;;/h3,7H,4-6H2,1H3;1H3;/q2*-1;+3. The quantitative estimate of drug-likeness (QED) is 0.526. The summed E-state index contributed by atoms with van der Waals surface area (Å²) in [6.07, 6.45) is 9.13. The third-order valence-electron chi connectivity index (χ3n) is 1.45. The van der Waals surface area contributed by atoms with E-state index in [9.17, 15) is 0 Å². The molecular formula is C8H14Y+. The third-order valence-corrected chi connectivity index (χ3v) is 1.45. The zero-order valence-electron chi connectivity index (χ0n) is 6.35. The van der Waals surface area contributed by atoms with Crippen molar-refractivity contribution in [2.75, 3.05) is 0 Å². The van der Waals surface area contributed by atoms with Crippen LogP contribution in [0.2, 0.25) is 0 Å². The van der Waals surface area contributed by atoms with Crippen molar-refractivity contribution in [3.63, 3.8) is 0 Å². The average Bonchev–Trinajstić information content (AvgIpc) is 1.69. The van der Waals surface area contributed by atoms with Crippen molar-refractivity contribution >= 4 is 0 Å². The van der Waals surface area contributed by atoms with Gasteiger partial charge in [0.1, 0.15) is 0 Å². The van der Waals surface area contributed by atoms with Gasteiger partial charge in [0.2, 0.25) is 0 Å². The normalized spacial score (nSPS) is 23.9. The maximum Gasteiger partial charge on any atom is 3.00 e. The van der Waals surface area contributed by atoms with E-state index in [2.05, 4.69) is 19.1 Å². The topological polar surface area (TPSA) is 0 Å². The number of allylic oxidation sites excluding steroid dienone is 2. The van der Waals surface area contributed by atoms with Crippen molar-refractivity contribution < 1.29 is 32.7 Å². The first-order chi connectivity index (χ1) is 3.39. The summed E-state index contributed by atoms with van der Waals surface area (Å²) in [6, 6.07) is 0. The molecule has 0 bridgehead atoms. The summed E-state index contributed by atoms with van der Waals surface area (Å²) in [7, 11) is 0. The minimum atomic E-state index is 0. The zero-order valence-corrected chi connectivity index (χ0v) is 9.19. The smallest absolute Gasteiger partial charge is 0.501 e. The summed E-state index contributed by atoms with van der Waals surface area (Å²) >= 11 is 0. The third kappa shape index (κ3) is 5.30. The molecule has 0 saturated heterocycles. The summed E-state index contributed by atoms with van der Waals surface area (Å²) in [5, 5.41) is 0. The van der Waals surface area contributed by atoms with Crippen LogP contribution in [0.1, 0.15) is 26.2 Å². The van der Waals surface area contributed by atoms with Crippen LogP contribution in [-0.4, -0.2) is 0 Å². The molecule has 1 aliphatic rings. The largest absolute Gasteiger partial charge is 3.00 e. The minimum Gasteiger partial charge on any atom is -0.501 e. The van der Waals surface area contributed by atoms with Crippen LogP contribution in [0, 0.1) is 19.4 Å². The van der Waals surface area contributed by atoms with E-state index in [1.54, 1.807) is 0 Å². The van der Waals surface area contributed by atoms with Crippen LogP contribution in [0.3, 0.4) is 0 Å². The molecule has 0 aromatic rings. The monoisotopic (exact) mass is 199 g/mol. The van der Waals surface area contributed by atoms with Gasteiger partial charge in [-0.2, -0.15) is 6.42 Å². The van der Waals surface area contributed by atoms with Gasteiger partial charge in [-0.15, -0.1) is 0 Å². The van der Waals surface area contributed by atoms with Crippen molar-refractivity contribution in [2.24, 2.45) is 5.92 Å². The second-order valence-corrected chi connectivity index (χ2v) is 2.29. The van der Waals surface area contributed by atoms with Crippen LogP contribution >= 0.6 is 0 Å². The number of rotatable bonds is 0. The molecule has 0 spiro atoms. The van der Waals surface area contributed by atoms with Gasteiger partial charge in [0, 0.05) is 0 Å². The molecule has 1 unspecified atom stereocenters. The van der Waals surface area contributed by atoms with E-state index in [0.29, 0.717) is 0 Å². The Morgan fingerprint density at radius 1 is 1.56 bits per heavy atom. The van der Waals surface area contributed by atoms with Crippen molar-refractivity contribution in [3.8, 4) is 0 Å².